The molecule has 1 spiro atoms. The lowest BCUT2D eigenvalue weighted by Gasteiger charge is -2.42. The minimum atomic E-state index is -1.03. The van der Waals surface area contributed by atoms with E-state index in [1.807, 2.05) is 13.0 Å². The number of pyridine rings is 2. The van der Waals surface area contributed by atoms with Crippen LogP contribution in [0.25, 0.3) is 0 Å². The number of primary amides is 1. The van der Waals surface area contributed by atoms with Crippen molar-refractivity contribution in [3.05, 3.63) is 93.2 Å². The Morgan fingerprint density at radius 2 is 2.08 bits per heavy atom. The first kappa shape index (κ1) is 26.1. The second kappa shape index (κ2) is 9.49. The number of halogens is 2. The van der Waals surface area contributed by atoms with Crippen molar-refractivity contribution in [1.29, 1.82) is 0 Å². The van der Waals surface area contributed by atoms with Crippen LogP contribution in [0.2, 0.25) is 0 Å². The van der Waals surface area contributed by atoms with Crippen LogP contribution in [0, 0.1) is 11.6 Å². The lowest BCUT2D eigenvalue weighted by Crippen LogP contribution is -2.52. The van der Waals surface area contributed by atoms with Crippen LogP contribution in [0.5, 0.6) is 5.75 Å². The summed E-state index contributed by atoms with van der Waals surface area (Å²) in [5.74, 6) is -3.80. The molecule has 1 unspecified atom stereocenters. The number of aromatic hydroxyl groups is 1. The smallest absolute Gasteiger partial charge is 0.274 e. The molecule has 10 nitrogen and oxygen atoms in total. The average Bonchev–Trinajstić information content (AvgIpc) is 3.24. The van der Waals surface area contributed by atoms with E-state index in [9.17, 15) is 28.3 Å². The van der Waals surface area contributed by atoms with Gasteiger partial charge in [0.1, 0.15) is 22.8 Å². The Kier molecular flexibility index (Phi) is 6.19. The molecule has 2 bridgehead atoms. The number of rotatable bonds is 4. The minimum absolute atomic E-state index is 0.00680. The molecular weight excluding hydrogens is 524 g/mol. The van der Waals surface area contributed by atoms with Crippen LogP contribution in [0.15, 0.2) is 53.7 Å². The van der Waals surface area contributed by atoms with E-state index in [1.54, 1.807) is 28.4 Å². The highest BCUT2D eigenvalue weighted by Gasteiger charge is 2.56. The lowest BCUT2D eigenvalue weighted by atomic mass is 9.82. The topological polar surface area (TPSA) is 131 Å². The van der Waals surface area contributed by atoms with Crippen molar-refractivity contribution >= 4 is 11.8 Å². The van der Waals surface area contributed by atoms with E-state index in [0.717, 1.165) is 11.6 Å². The standard InChI is InChI=1S/C28H27F2N5O5/c1-15-6-7-28(22-14-33(15)27(39)23-25(37)24(36)19(26(31)38)13-34(22)23)10-21(16-3-2-8-32-11-16)35(40-28)12-17-4-5-18(29)9-20(17)30/h2-5,8-9,11,13,15,21-22,37H,6-7,10,12,14H2,1H3,(H2,31,38)/t15-,21?,22+,28-/m0/s1. The summed E-state index contributed by atoms with van der Waals surface area (Å²) in [5, 5.41) is 12.5. The van der Waals surface area contributed by atoms with Gasteiger partial charge in [-0.2, -0.15) is 5.06 Å². The highest BCUT2D eigenvalue weighted by atomic mass is 19.1. The van der Waals surface area contributed by atoms with Gasteiger partial charge in [0, 0.05) is 49.2 Å². The van der Waals surface area contributed by atoms with Gasteiger partial charge in [0.25, 0.3) is 11.8 Å². The van der Waals surface area contributed by atoms with E-state index in [1.165, 1.54) is 22.9 Å². The fourth-order valence-electron chi connectivity index (χ4n) is 6.25. The summed E-state index contributed by atoms with van der Waals surface area (Å²) in [5.41, 5.74) is 3.80. The Hall–Kier alpha value is -4.16. The number of aromatic nitrogens is 2. The zero-order valence-electron chi connectivity index (χ0n) is 21.6. The van der Waals surface area contributed by atoms with Crippen molar-refractivity contribution in [2.24, 2.45) is 5.73 Å². The van der Waals surface area contributed by atoms with Crippen LogP contribution in [-0.4, -0.2) is 54.6 Å². The molecule has 2 aromatic heterocycles. The molecule has 3 aliphatic heterocycles. The van der Waals surface area contributed by atoms with Crippen molar-refractivity contribution in [3.63, 3.8) is 0 Å². The molecule has 0 radical (unpaired) electrons. The highest BCUT2D eigenvalue weighted by Crippen LogP contribution is 2.52. The molecule has 4 atom stereocenters. The minimum Gasteiger partial charge on any atom is -0.503 e. The number of hydrogen-bond acceptors (Lipinski definition) is 7. The van der Waals surface area contributed by atoms with Crippen LogP contribution in [-0.2, 0) is 11.4 Å². The van der Waals surface area contributed by atoms with Crippen molar-refractivity contribution in [3.8, 4) is 5.75 Å². The van der Waals surface area contributed by atoms with E-state index in [0.29, 0.717) is 19.3 Å². The summed E-state index contributed by atoms with van der Waals surface area (Å²) in [6.07, 6.45) is 5.96. The fraction of sp³-hybridized carbons (Fsp3) is 0.357. The first-order chi connectivity index (χ1) is 19.1. The Morgan fingerprint density at radius 1 is 1.27 bits per heavy atom. The predicted molar refractivity (Wildman–Crippen MR) is 137 cm³/mol. The van der Waals surface area contributed by atoms with Gasteiger partial charge in [-0.05, 0) is 37.5 Å². The molecule has 3 aliphatic rings. The third kappa shape index (κ3) is 4.06. The van der Waals surface area contributed by atoms with E-state index in [2.05, 4.69) is 4.98 Å². The number of amides is 2. The largest absolute Gasteiger partial charge is 0.503 e. The Labute approximate surface area is 227 Å². The van der Waals surface area contributed by atoms with Gasteiger partial charge in [0.15, 0.2) is 11.4 Å². The van der Waals surface area contributed by atoms with Gasteiger partial charge in [-0.15, -0.1) is 0 Å². The van der Waals surface area contributed by atoms with Crippen LogP contribution < -0.4 is 11.2 Å². The Balaban J connectivity index is 1.50. The van der Waals surface area contributed by atoms with Crippen LogP contribution in [0.1, 0.15) is 70.2 Å². The summed E-state index contributed by atoms with van der Waals surface area (Å²) in [6.45, 7) is 2.06. The number of hydroxylamine groups is 2. The maximum atomic E-state index is 14.7. The lowest BCUT2D eigenvalue weighted by molar-refractivity contribution is -0.228. The summed E-state index contributed by atoms with van der Waals surface area (Å²) >= 11 is 0. The number of benzene rings is 1. The molecule has 12 heteroatoms. The van der Waals surface area contributed by atoms with Crippen LogP contribution >= 0.6 is 0 Å². The third-order valence-electron chi connectivity index (χ3n) is 8.37. The van der Waals surface area contributed by atoms with Gasteiger partial charge in [0.05, 0.1) is 18.6 Å². The summed E-state index contributed by atoms with van der Waals surface area (Å²) in [4.78, 5) is 50.9. The molecule has 208 valence electrons. The molecule has 2 amide bonds. The van der Waals surface area contributed by atoms with E-state index < -0.39 is 57.9 Å². The molecule has 3 aromatic rings. The second-order valence-electron chi connectivity index (χ2n) is 10.7. The van der Waals surface area contributed by atoms with Gasteiger partial charge in [-0.25, -0.2) is 8.78 Å². The van der Waals surface area contributed by atoms with E-state index in [-0.39, 0.29) is 30.4 Å². The number of hydrogen-bond donors (Lipinski definition) is 2. The molecule has 5 heterocycles. The number of fused-ring (bicyclic) bond motifs is 5. The molecular formula is C28H27F2N5O5. The van der Waals surface area contributed by atoms with Crippen LogP contribution in [0.4, 0.5) is 8.78 Å². The van der Waals surface area contributed by atoms with Crippen molar-refractivity contribution in [2.75, 3.05) is 6.54 Å². The molecule has 2 saturated heterocycles. The Bertz CT molecular complexity index is 1580. The van der Waals surface area contributed by atoms with Crippen molar-refractivity contribution in [2.45, 2.75) is 56.5 Å². The van der Waals surface area contributed by atoms with E-state index >= 15 is 0 Å². The monoisotopic (exact) mass is 551 g/mol. The molecule has 0 aliphatic carbocycles. The quantitative estimate of drug-likeness (QED) is 0.510. The maximum Gasteiger partial charge on any atom is 0.274 e. The number of nitrogens with two attached hydrogens (primary N) is 1. The van der Waals surface area contributed by atoms with Gasteiger partial charge in [0.2, 0.25) is 5.43 Å². The van der Waals surface area contributed by atoms with Crippen molar-refractivity contribution in [1.82, 2.24) is 19.5 Å². The van der Waals surface area contributed by atoms with Gasteiger partial charge < -0.3 is 20.3 Å². The normalized spacial score (nSPS) is 26.1. The summed E-state index contributed by atoms with van der Waals surface area (Å²) in [7, 11) is 0. The molecule has 0 saturated carbocycles. The average molecular weight is 552 g/mol. The van der Waals surface area contributed by atoms with Gasteiger partial charge >= 0.3 is 0 Å². The number of nitrogens with zero attached hydrogens (tertiary/aromatic N) is 4. The van der Waals surface area contributed by atoms with Gasteiger partial charge in [-0.1, -0.05) is 12.1 Å². The molecule has 1 aromatic carbocycles. The zero-order chi connectivity index (χ0) is 28.3. The van der Waals surface area contributed by atoms with Crippen molar-refractivity contribution < 1.29 is 28.3 Å². The van der Waals surface area contributed by atoms with Gasteiger partial charge in [-0.3, -0.25) is 24.2 Å². The van der Waals surface area contributed by atoms with E-state index in [4.69, 9.17) is 10.6 Å². The SMILES string of the molecule is C[C@H]1CC[C@]2(CC(c3cccnc3)N(Cc3ccc(F)cc3F)O2)[C@H]2CN1C(=O)c1c(O)c(=O)c(C(N)=O)cn12. The Morgan fingerprint density at radius 3 is 2.77 bits per heavy atom. The molecule has 3 N–H and O–H groups in total. The third-order valence-corrected chi connectivity index (χ3v) is 8.37. The maximum absolute atomic E-state index is 14.7. The number of carbonyl (C=O) groups is 2. The first-order valence-electron chi connectivity index (χ1n) is 13.0. The summed E-state index contributed by atoms with van der Waals surface area (Å²) < 4.78 is 29.8. The molecule has 40 heavy (non-hydrogen) atoms. The fourth-order valence-corrected chi connectivity index (χ4v) is 6.25. The summed E-state index contributed by atoms with van der Waals surface area (Å²) in [6, 6.07) is 5.77. The molecule has 6 rings (SSSR count). The van der Waals surface area contributed by atoms with Crippen LogP contribution in [0.3, 0.4) is 0 Å². The number of carbonyl (C=O) groups excluding carboxylic acids is 2. The highest BCUT2D eigenvalue weighted by molar-refractivity contribution is 5.99. The zero-order valence-corrected chi connectivity index (χ0v) is 21.6. The predicted octanol–water partition coefficient (Wildman–Crippen LogP) is 2.82. The second-order valence-corrected chi connectivity index (χ2v) is 10.7. The first-order valence-corrected chi connectivity index (χ1v) is 13.0. The molecule has 2 fully saturated rings.